The number of carbonyl (C=O) groups excluding carboxylic acids is 2. The fourth-order valence-electron chi connectivity index (χ4n) is 4.09. The Hall–Kier alpha value is -3.94. The van der Waals surface area contributed by atoms with E-state index in [9.17, 15) is 14.4 Å². The fourth-order valence-corrected chi connectivity index (χ4v) is 4.09. The van der Waals surface area contributed by atoms with Crippen molar-refractivity contribution < 1.29 is 23.9 Å². The summed E-state index contributed by atoms with van der Waals surface area (Å²) in [4.78, 5) is 37.1. The van der Waals surface area contributed by atoms with E-state index >= 15 is 0 Å². The van der Waals surface area contributed by atoms with E-state index in [0.29, 0.717) is 28.3 Å². The van der Waals surface area contributed by atoms with Crippen molar-refractivity contribution in [2.45, 2.75) is 24.8 Å². The van der Waals surface area contributed by atoms with Crippen molar-refractivity contribution in [1.82, 2.24) is 5.01 Å². The number of carboxylic acid groups (broad SMARTS) is 1. The van der Waals surface area contributed by atoms with Crippen LogP contribution in [-0.2, 0) is 19.9 Å². The zero-order chi connectivity index (χ0) is 20.9. The predicted molar refractivity (Wildman–Crippen MR) is 108 cm³/mol. The molecular weight excluding hydrogens is 386 g/mol. The van der Waals surface area contributed by atoms with Gasteiger partial charge < -0.3 is 14.8 Å². The van der Waals surface area contributed by atoms with Gasteiger partial charge in [-0.15, -0.1) is 0 Å². The van der Waals surface area contributed by atoms with E-state index in [1.807, 2.05) is 30.3 Å². The maximum absolute atomic E-state index is 13.1. The summed E-state index contributed by atoms with van der Waals surface area (Å²) in [6.07, 6.45) is -0.470. The van der Waals surface area contributed by atoms with Crippen LogP contribution in [-0.4, -0.2) is 33.6 Å². The molecule has 0 aliphatic carbocycles. The molecule has 2 aromatic carbocycles. The van der Waals surface area contributed by atoms with Crippen molar-refractivity contribution in [2.75, 3.05) is 5.32 Å². The minimum absolute atomic E-state index is 0.133. The summed E-state index contributed by atoms with van der Waals surface area (Å²) < 4.78 is 5.91. The molecule has 150 valence electrons. The van der Waals surface area contributed by atoms with Gasteiger partial charge in [-0.25, -0.2) is 5.01 Å². The van der Waals surface area contributed by atoms with Crippen LogP contribution in [0.5, 0.6) is 0 Å². The molecule has 30 heavy (non-hydrogen) atoms. The molecule has 3 aromatic rings. The van der Waals surface area contributed by atoms with Crippen LogP contribution < -0.4 is 5.32 Å². The maximum atomic E-state index is 13.1. The normalized spacial score (nSPS) is 19.8. The number of nitrogens with zero attached hydrogens (tertiary/aromatic N) is 2. The van der Waals surface area contributed by atoms with Crippen molar-refractivity contribution in [3.63, 3.8) is 0 Å². The average molecular weight is 403 g/mol. The SMILES string of the molecule is O=C(O)CCC(=O)N1N=C(c2cc3ccccc3o2)CC12C(=O)Nc1ccccc12. The number of furan rings is 1. The molecule has 2 aliphatic heterocycles. The third kappa shape index (κ3) is 2.61. The number of rotatable bonds is 4. The number of hydrazone groups is 1. The second kappa shape index (κ2) is 6.55. The summed E-state index contributed by atoms with van der Waals surface area (Å²) in [5.41, 5.74) is 1.02. The van der Waals surface area contributed by atoms with E-state index in [4.69, 9.17) is 9.52 Å². The van der Waals surface area contributed by atoms with Gasteiger partial charge in [-0.1, -0.05) is 36.4 Å². The minimum atomic E-state index is -1.36. The van der Waals surface area contributed by atoms with Crippen LogP contribution in [0.4, 0.5) is 5.69 Å². The molecule has 0 fully saturated rings. The molecule has 1 unspecified atom stereocenters. The average Bonchev–Trinajstić information content (AvgIpc) is 3.41. The number of nitrogens with one attached hydrogen (secondary N) is 1. The molecule has 1 spiro atoms. The summed E-state index contributed by atoms with van der Waals surface area (Å²) in [5, 5.41) is 18.3. The zero-order valence-electron chi connectivity index (χ0n) is 15.8. The number of benzene rings is 2. The molecule has 2 N–H and O–H groups in total. The van der Waals surface area contributed by atoms with Gasteiger partial charge in [0, 0.05) is 29.5 Å². The molecule has 8 heteroatoms. The standard InChI is InChI=1S/C22H17N3O5/c26-19(9-10-20(27)28)25-22(14-6-2-3-7-15(14)23-21(22)29)12-16(24-25)18-11-13-5-1-4-8-17(13)30-18/h1-8,11H,9-10,12H2,(H,23,29)(H,27,28). The van der Waals surface area contributed by atoms with Gasteiger partial charge in [-0.2, -0.15) is 5.10 Å². The Morgan fingerprint density at radius 1 is 1.13 bits per heavy atom. The van der Waals surface area contributed by atoms with Gasteiger partial charge in [0.15, 0.2) is 11.3 Å². The monoisotopic (exact) mass is 403 g/mol. The van der Waals surface area contributed by atoms with E-state index in [2.05, 4.69) is 10.4 Å². The van der Waals surface area contributed by atoms with Gasteiger partial charge in [0.2, 0.25) is 5.91 Å². The number of para-hydroxylation sites is 2. The highest BCUT2D eigenvalue weighted by atomic mass is 16.4. The Kier molecular flexibility index (Phi) is 3.95. The maximum Gasteiger partial charge on any atom is 0.303 e. The highest BCUT2D eigenvalue weighted by molar-refractivity contribution is 6.15. The molecule has 0 saturated heterocycles. The van der Waals surface area contributed by atoms with Crippen LogP contribution in [0.2, 0.25) is 0 Å². The number of aliphatic carboxylic acids is 1. The van der Waals surface area contributed by atoms with E-state index in [1.165, 1.54) is 0 Å². The van der Waals surface area contributed by atoms with Crippen molar-refractivity contribution in [3.05, 3.63) is 65.9 Å². The molecule has 5 rings (SSSR count). The lowest BCUT2D eigenvalue weighted by atomic mass is 9.85. The molecule has 2 aliphatic rings. The summed E-state index contributed by atoms with van der Waals surface area (Å²) in [7, 11) is 0. The van der Waals surface area contributed by atoms with Gasteiger partial charge >= 0.3 is 5.97 Å². The number of anilines is 1. The van der Waals surface area contributed by atoms with Crippen molar-refractivity contribution in [1.29, 1.82) is 0 Å². The number of hydrogen-bond donors (Lipinski definition) is 2. The van der Waals surface area contributed by atoms with Crippen LogP contribution in [0.1, 0.15) is 30.6 Å². The molecule has 0 bridgehead atoms. The Morgan fingerprint density at radius 3 is 2.70 bits per heavy atom. The summed E-state index contributed by atoms with van der Waals surface area (Å²) in [6.45, 7) is 0. The Labute approximate surface area is 170 Å². The van der Waals surface area contributed by atoms with Gasteiger partial charge in [0.05, 0.1) is 6.42 Å². The number of carboxylic acids is 1. The van der Waals surface area contributed by atoms with E-state index in [-0.39, 0.29) is 25.2 Å². The highest BCUT2D eigenvalue weighted by Crippen LogP contribution is 2.47. The largest absolute Gasteiger partial charge is 0.481 e. The molecule has 0 radical (unpaired) electrons. The molecule has 8 nitrogen and oxygen atoms in total. The van der Waals surface area contributed by atoms with Crippen LogP contribution >= 0.6 is 0 Å². The highest BCUT2D eigenvalue weighted by Gasteiger charge is 2.57. The molecular formula is C22H17N3O5. The first-order chi connectivity index (χ1) is 14.5. The number of hydrogen-bond acceptors (Lipinski definition) is 5. The Bertz CT molecular complexity index is 1210. The minimum Gasteiger partial charge on any atom is -0.481 e. The Morgan fingerprint density at radius 2 is 1.90 bits per heavy atom. The van der Waals surface area contributed by atoms with Crippen LogP contribution in [0.3, 0.4) is 0 Å². The first-order valence-electron chi connectivity index (χ1n) is 9.51. The number of amides is 2. The van der Waals surface area contributed by atoms with Gasteiger partial charge in [-0.05, 0) is 18.2 Å². The topological polar surface area (TPSA) is 112 Å². The third-order valence-corrected chi connectivity index (χ3v) is 5.50. The number of carbonyl (C=O) groups is 3. The van der Waals surface area contributed by atoms with Crippen molar-refractivity contribution in [3.8, 4) is 0 Å². The summed E-state index contributed by atoms with van der Waals surface area (Å²) >= 11 is 0. The van der Waals surface area contributed by atoms with Gasteiger partial charge in [-0.3, -0.25) is 14.4 Å². The van der Waals surface area contributed by atoms with Crippen molar-refractivity contribution >= 4 is 40.2 Å². The zero-order valence-corrected chi connectivity index (χ0v) is 15.8. The van der Waals surface area contributed by atoms with Crippen molar-refractivity contribution in [2.24, 2.45) is 5.10 Å². The Balaban J connectivity index is 1.61. The first-order valence-corrected chi connectivity index (χ1v) is 9.51. The lowest BCUT2D eigenvalue weighted by Crippen LogP contribution is -2.48. The summed E-state index contributed by atoms with van der Waals surface area (Å²) in [6, 6.07) is 16.4. The smallest absolute Gasteiger partial charge is 0.303 e. The van der Waals surface area contributed by atoms with E-state index in [0.717, 1.165) is 10.4 Å². The van der Waals surface area contributed by atoms with Gasteiger partial charge in [0.1, 0.15) is 11.3 Å². The van der Waals surface area contributed by atoms with E-state index < -0.39 is 17.4 Å². The summed E-state index contributed by atoms with van der Waals surface area (Å²) in [5.74, 6) is -1.52. The second-order valence-electron chi connectivity index (χ2n) is 7.33. The second-order valence-corrected chi connectivity index (χ2v) is 7.33. The third-order valence-electron chi connectivity index (χ3n) is 5.50. The first kappa shape index (κ1) is 18.1. The quantitative estimate of drug-likeness (QED) is 0.695. The predicted octanol–water partition coefficient (Wildman–Crippen LogP) is 3.08. The van der Waals surface area contributed by atoms with Crippen LogP contribution in [0, 0.1) is 0 Å². The fraction of sp³-hybridized carbons (Fsp3) is 0.182. The molecule has 2 amide bonds. The number of fused-ring (bicyclic) bond motifs is 3. The molecule has 3 heterocycles. The van der Waals surface area contributed by atoms with Gasteiger partial charge in [0.25, 0.3) is 5.91 Å². The lowest BCUT2D eigenvalue weighted by molar-refractivity contribution is -0.146. The molecule has 0 saturated carbocycles. The molecule has 1 aromatic heterocycles. The van der Waals surface area contributed by atoms with Crippen LogP contribution in [0.15, 0.2) is 64.1 Å². The molecule has 1 atom stereocenters. The lowest BCUT2D eigenvalue weighted by Gasteiger charge is -2.30. The van der Waals surface area contributed by atoms with E-state index in [1.54, 1.807) is 24.3 Å². The van der Waals surface area contributed by atoms with Crippen LogP contribution in [0.25, 0.3) is 11.0 Å².